The number of likely N-dealkylation sites (tertiary alicyclic amines) is 1. The van der Waals surface area contributed by atoms with Crippen LogP contribution < -0.4 is 16.6 Å². The number of hydrogen-bond acceptors (Lipinski definition) is 6. The molecule has 2 aromatic heterocycles. The topological polar surface area (TPSA) is 110 Å². The molecule has 5 rings (SSSR count). The van der Waals surface area contributed by atoms with Crippen LogP contribution in [0.4, 0.5) is 5.69 Å². The Morgan fingerprint density at radius 2 is 2.06 bits per heavy atom. The van der Waals surface area contributed by atoms with E-state index in [0.717, 1.165) is 56.5 Å². The molecular formula is C25H29N5O3S. The number of hydrogen-bond donors (Lipinski definition) is 2. The number of rotatable bonds is 5. The average molecular weight is 480 g/mol. The molecule has 1 atom stereocenters. The predicted octanol–water partition coefficient (Wildman–Crippen LogP) is 3.19. The van der Waals surface area contributed by atoms with Crippen LogP contribution in [0, 0.1) is 6.92 Å². The minimum absolute atomic E-state index is 0.0358. The minimum Gasteiger partial charge on any atom is -0.368 e. The Labute approximate surface area is 201 Å². The molecule has 9 heteroatoms. The summed E-state index contributed by atoms with van der Waals surface area (Å²) in [5, 5.41) is 3.54. The molecule has 34 heavy (non-hydrogen) atoms. The van der Waals surface area contributed by atoms with E-state index in [1.807, 2.05) is 31.2 Å². The molecule has 0 radical (unpaired) electrons. The quantitative estimate of drug-likeness (QED) is 0.584. The number of amides is 2. The van der Waals surface area contributed by atoms with Crippen LogP contribution in [-0.2, 0) is 24.3 Å². The van der Waals surface area contributed by atoms with Gasteiger partial charge in [-0.25, -0.2) is 4.98 Å². The molecule has 0 saturated carbocycles. The number of nitrogens with zero attached hydrogens (tertiary/aromatic N) is 3. The van der Waals surface area contributed by atoms with Gasteiger partial charge in [0.1, 0.15) is 10.7 Å². The second kappa shape index (κ2) is 9.31. The third-order valence-electron chi connectivity index (χ3n) is 6.88. The van der Waals surface area contributed by atoms with Crippen molar-refractivity contribution in [2.45, 2.75) is 64.6 Å². The summed E-state index contributed by atoms with van der Waals surface area (Å²) in [6.07, 6.45) is 5.64. The van der Waals surface area contributed by atoms with E-state index in [-0.39, 0.29) is 23.4 Å². The maximum atomic E-state index is 13.2. The third-order valence-corrected chi connectivity index (χ3v) is 8.06. The first-order chi connectivity index (χ1) is 16.4. The highest BCUT2D eigenvalue weighted by Gasteiger charge is 2.29. The SMILES string of the molecule is Cc1c(C(=O)Nc2cccc(CN3CCCC3C(N)=O)c2)sc2nc3n(c(=O)c12)CCCCC3. The third kappa shape index (κ3) is 4.25. The van der Waals surface area contributed by atoms with Gasteiger partial charge in [0.05, 0.1) is 16.3 Å². The Balaban J connectivity index is 1.38. The van der Waals surface area contributed by atoms with E-state index in [4.69, 9.17) is 10.7 Å². The van der Waals surface area contributed by atoms with Crippen molar-refractivity contribution in [3.8, 4) is 0 Å². The van der Waals surface area contributed by atoms with E-state index in [0.29, 0.717) is 39.4 Å². The summed E-state index contributed by atoms with van der Waals surface area (Å²) in [5.74, 6) is 0.296. The Bertz CT molecular complexity index is 1330. The number of anilines is 1. The summed E-state index contributed by atoms with van der Waals surface area (Å²) in [7, 11) is 0. The van der Waals surface area contributed by atoms with Crippen molar-refractivity contribution >= 4 is 39.1 Å². The summed E-state index contributed by atoms with van der Waals surface area (Å²) >= 11 is 1.28. The van der Waals surface area contributed by atoms with E-state index in [1.54, 1.807) is 4.57 Å². The number of nitrogens with one attached hydrogen (secondary N) is 1. The number of carbonyl (C=O) groups excluding carboxylic acids is 2. The van der Waals surface area contributed by atoms with Crippen LogP contribution >= 0.6 is 11.3 Å². The minimum atomic E-state index is -0.288. The van der Waals surface area contributed by atoms with E-state index >= 15 is 0 Å². The molecule has 1 unspecified atom stereocenters. The van der Waals surface area contributed by atoms with Crippen LogP contribution in [0.5, 0.6) is 0 Å². The van der Waals surface area contributed by atoms with Crippen molar-refractivity contribution in [1.29, 1.82) is 0 Å². The molecule has 1 saturated heterocycles. The maximum Gasteiger partial charge on any atom is 0.266 e. The van der Waals surface area contributed by atoms with Gasteiger partial charge < -0.3 is 11.1 Å². The molecule has 8 nitrogen and oxygen atoms in total. The molecule has 178 valence electrons. The Morgan fingerprint density at radius 3 is 2.88 bits per heavy atom. The van der Waals surface area contributed by atoms with Gasteiger partial charge in [0.2, 0.25) is 5.91 Å². The summed E-state index contributed by atoms with van der Waals surface area (Å²) < 4.78 is 1.79. The van der Waals surface area contributed by atoms with Crippen LogP contribution in [0.25, 0.3) is 10.2 Å². The standard InChI is InChI=1S/C25H29N5O3S/c1-15-20-24(28-19-10-3-2-4-12-30(19)25(20)33)34-21(15)23(32)27-17-8-5-7-16(13-17)14-29-11-6-9-18(29)22(26)31/h5,7-8,13,18H,2-4,6,9-12,14H2,1H3,(H2,26,31)(H,27,32). The number of primary amides is 1. The van der Waals surface area contributed by atoms with Gasteiger partial charge in [-0.3, -0.25) is 23.9 Å². The van der Waals surface area contributed by atoms with E-state index in [1.165, 1.54) is 11.3 Å². The maximum absolute atomic E-state index is 13.2. The zero-order chi connectivity index (χ0) is 23.8. The highest BCUT2D eigenvalue weighted by atomic mass is 32.1. The van der Waals surface area contributed by atoms with Gasteiger partial charge in [0, 0.05) is 25.2 Å². The second-order valence-corrected chi connectivity index (χ2v) is 10.2. The first-order valence-electron chi connectivity index (χ1n) is 11.9. The summed E-state index contributed by atoms with van der Waals surface area (Å²) in [5.41, 5.74) is 7.87. The van der Waals surface area contributed by atoms with Gasteiger partial charge in [-0.2, -0.15) is 0 Å². The highest BCUT2D eigenvalue weighted by Crippen LogP contribution is 2.29. The molecule has 2 amide bonds. The fraction of sp³-hybridized carbons (Fsp3) is 0.440. The number of benzene rings is 1. The average Bonchev–Trinajstić information content (AvgIpc) is 3.31. The van der Waals surface area contributed by atoms with Gasteiger partial charge in [0.15, 0.2) is 0 Å². The largest absolute Gasteiger partial charge is 0.368 e. The summed E-state index contributed by atoms with van der Waals surface area (Å²) in [6.45, 7) is 3.95. The van der Waals surface area contributed by atoms with E-state index < -0.39 is 0 Å². The molecule has 2 aliphatic rings. The van der Waals surface area contributed by atoms with Crippen LogP contribution in [0.15, 0.2) is 29.1 Å². The summed E-state index contributed by atoms with van der Waals surface area (Å²) in [4.78, 5) is 46.1. The number of aryl methyl sites for hydroxylation is 2. The monoisotopic (exact) mass is 479 g/mol. The predicted molar refractivity (Wildman–Crippen MR) is 133 cm³/mol. The van der Waals surface area contributed by atoms with Gasteiger partial charge in [-0.1, -0.05) is 18.6 Å². The van der Waals surface area contributed by atoms with Crippen LogP contribution in [0.3, 0.4) is 0 Å². The second-order valence-electron chi connectivity index (χ2n) is 9.22. The van der Waals surface area contributed by atoms with Crippen LogP contribution in [-0.4, -0.2) is 38.9 Å². The first kappa shape index (κ1) is 22.7. The lowest BCUT2D eigenvalue weighted by Gasteiger charge is -2.22. The smallest absolute Gasteiger partial charge is 0.266 e. The Hall–Kier alpha value is -3.04. The van der Waals surface area contributed by atoms with Crippen molar-refractivity contribution < 1.29 is 9.59 Å². The lowest BCUT2D eigenvalue weighted by atomic mass is 10.1. The van der Waals surface area contributed by atoms with Crippen molar-refractivity contribution in [1.82, 2.24) is 14.5 Å². The zero-order valence-corrected chi connectivity index (χ0v) is 20.1. The Morgan fingerprint density at radius 1 is 1.21 bits per heavy atom. The van der Waals surface area contributed by atoms with Gasteiger partial charge in [-0.05, 0) is 62.4 Å². The first-order valence-corrected chi connectivity index (χ1v) is 12.7. The molecule has 0 aliphatic carbocycles. The number of fused-ring (bicyclic) bond motifs is 2. The van der Waals surface area contributed by atoms with Crippen molar-refractivity contribution in [2.24, 2.45) is 5.73 Å². The van der Waals surface area contributed by atoms with Gasteiger partial charge in [-0.15, -0.1) is 11.3 Å². The molecule has 0 bridgehead atoms. The molecule has 4 heterocycles. The molecule has 3 N–H and O–H groups in total. The molecule has 2 aliphatic heterocycles. The normalized spacial score (nSPS) is 18.6. The molecule has 0 spiro atoms. The number of thiophene rings is 1. The Kier molecular flexibility index (Phi) is 6.22. The lowest BCUT2D eigenvalue weighted by Crippen LogP contribution is -2.39. The van der Waals surface area contributed by atoms with Crippen molar-refractivity contribution in [2.75, 3.05) is 11.9 Å². The highest BCUT2D eigenvalue weighted by molar-refractivity contribution is 7.20. The number of aromatic nitrogens is 2. The molecular weight excluding hydrogens is 450 g/mol. The van der Waals surface area contributed by atoms with E-state index in [9.17, 15) is 14.4 Å². The van der Waals surface area contributed by atoms with Gasteiger partial charge >= 0.3 is 0 Å². The van der Waals surface area contributed by atoms with Crippen molar-refractivity contribution in [3.63, 3.8) is 0 Å². The fourth-order valence-electron chi connectivity index (χ4n) is 5.13. The zero-order valence-electron chi connectivity index (χ0n) is 19.3. The van der Waals surface area contributed by atoms with Crippen molar-refractivity contribution in [3.05, 3.63) is 56.4 Å². The number of nitrogens with two attached hydrogens (primary N) is 1. The summed E-state index contributed by atoms with van der Waals surface area (Å²) in [6, 6.07) is 7.40. The van der Waals surface area contributed by atoms with Gasteiger partial charge in [0.25, 0.3) is 11.5 Å². The number of carbonyl (C=O) groups is 2. The van der Waals surface area contributed by atoms with Crippen LogP contribution in [0.1, 0.15) is 58.7 Å². The molecule has 1 aromatic carbocycles. The van der Waals surface area contributed by atoms with E-state index in [2.05, 4.69) is 10.2 Å². The fourth-order valence-corrected chi connectivity index (χ4v) is 6.22. The van der Waals surface area contributed by atoms with Crippen LogP contribution in [0.2, 0.25) is 0 Å². The molecule has 1 fully saturated rings. The lowest BCUT2D eigenvalue weighted by molar-refractivity contribution is -0.122. The molecule has 3 aromatic rings.